The molecule has 4 saturated carbocycles. The zero-order chi connectivity index (χ0) is 37.7. The van der Waals surface area contributed by atoms with Crippen molar-refractivity contribution in [2.75, 3.05) is 18.8 Å². The van der Waals surface area contributed by atoms with E-state index in [-0.39, 0.29) is 23.0 Å². The molecule has 13 heteroatoms. The van der Waals surface area contributed by atoms with E-state index in [9.17, 15) is 32.4 Å². The van der Waals surface area contributed by atoms with Crippen LogP contribution in [-0.4, -0.2) is 90.1 Å². The van der Waals surface area contributed by atoms with Gasteiger partial charge in [0.1, 0.15) is 12.1 Å². The quantitative estimate of drug-likeness (QED) is 0.197. The van der Waals surface area contributed by atoms with Crippen LogP contribution in [0.3, 0.4) is 0 Å². The Balaban J connectivity index is 1.33. The molecule has 1 saturated heterocycles. The number of likely N-dealkylation sites (tertiary alicyclic amines) is 1. The van der Waals surface area contributed by atoms with E-state index in [1.54, 1.807) is 25.7 Å². The summed E-state index contributed by atoms with van der Waals surface area (Å²) in [4.78, 5) is 70.4. The normalized spacial score (nSPS) is 26.7. The molecule has 1 heterocycles. The van der Waals surface area contributed by atoms with Gasteiger partial charge in [0, 0.05) is 13.1 Å². The number of rotatable bonds is 14. The highest BCUT2D eigenvalue weighted by molar-refractivity contribution is 7.92. The molecule has 4 N–H and O–H groups in total. The van der Waals surface area contributed by atoms with Gasteiger partial charge in [-0.15, -0.1) is 0 Å². The van der Waals surface area contributed by atoms with Gasteiger partial charge in [0.05, 0.1) is 22.1 Å². The van der Waals surface area contributed by atoms with E-state index in [4.69, 9.17) is 0 Å². The molecule has 51 heavy (non-hydrogen) atoms. The number of hydrogen-bond acceptors (Lipinski definition) is 7. The molecule has 5 fully saturated rings. The second-order valence-corrected chi connectivity index (χ2v) is 21.8. The second kappa shape index (κ2) is 14.3. The van der Waals surface area contributed by atoms with Crippen molar-refractivity contribution in [2.45, 2.75) is 154 Å². The Morgan fingerprint density at radius 1 is 0.863 bits per heavy atom. The van der Waals surface area contributed by atoms with Crippen LogP contribution in [0.15, 0.2) is 0 Å². The predicted molar refractivity (Wildman–Crippen MR) is 195 cm³/mol. The Labute approximate surface area is 305 Å². The van der Waals surface area contributed by atoms with Gasteiger partial charge in [-0.05, 0) is 93.8 Å². The highest BCUT2D eigenvalue weighted by Crippen LogP contribution is 2.65. The van der Waals surface area contributed by atoms with Gasteiger partial charge in [0.15, 0.2) is 9.84 Å². The van der Waals surface area contributed by atoms with Crippen molar-refractivity contribution in [1.29, 1.82) is 0 Å². The number of sulfone groups is 1. The SMILES string of the molecule is CC(C)(C)[C@H](NC(=O)NC1(CS(=O)(=O)C(C)(C)C)CCCCC1)C(=O)N1C[C@H]2[C@@H]([C@H]1C(=O)N[C@@H](CCC1CC1)C(=O)C(=O)NCC1CC1)C2(C)C. The minimum atomic E-state index is -3.56. The Morgan fingerprint density at radius 3 is 2.02 bits per heavy atom. The van der Waals surface area contributed by atoms with Crippen molar-refractivity contribution in [3.05, 3.63) is 0 Å². The molecule has 0 aromatic heterocycles. The first kappa shape index (κ1) is 39.5. The summed E-state index contributed by atoms with van der Waals surface area (Å²) in [7, 11) is -3.56. The van der Waals surface area contributed by atoms with Crippen molar-refractivity contribution >= 4 is 39.4 Å². The number of fused-ring (bicyclic) bond motifs is 1. The van der Waals surface area contributed by atoms with Crippen LogP contribution in [0.1, 0.15) is 126 Å². The van der Waals surface area contributed by atoms with Gasteiger partial charge in [-0.25, -0.2) is 13.2 Å². The molecule has 288 valence electrons. The minimum Gasteiger partial charge on any atom is -0.349 e. The average molecular weight is 734 g/mol. The number of Topliss-reactive ketones (excluding diaryl/α,β-unsaturated/α-hetero) is 1. The summed E-state index contributed by atoms with van der Waals surface area (Å²) in [5.41, 5.74) is -1.89. The van der Waals surface area contributed by atoms with Crippen LogP contribution in [0.5, 0.6) is 0 Å². The molecule has 0 aromatic carbocycles. The molecule has 5 atom stereocenters. The molecule has 5 aliphatic rings. The molecular formula is C38H63N5O7S. The Bertz CT molecular complexity index is 1480. The number of nitrogens with one attached hydrogen (secondary N) is 4. The van der Waals surface area contributed by atoms with Gasteiger partial charge in [0.25, 0.3) is 5.91 Å². The number of nitrogens with zero attached hydrogens (tertiary/aromatic N) is 1. The lowest BCUT2D eigenvalue weighted by atomic mass is 9.83. The summed E-state index contributed by atoms with van der Waals surface area (Å²) in [5.74, 6) is -1.52. The van der Waals surface area contributed by atoms with Gasteiger partial charge in [-0.3, -0.25) is 19.2 Å². The van der Waals surface area contributed by atoms with Gasteiger partial charge in [0.2, 0.25) is 17.6 Å². The van der Waals surface area contributed by atoms with E-state index in [0.717, 1.165) is 51.4 Å². The topological polar surface area (TPSA) is 171 Å². The fourth-order valence-corrected chi connectivity index (χ4v) is 9.81. The largest absolute Gasteiger partial charge is 0.349 e. The number of piperidine rings is 1. The number of ketones is 1. The van der Waals surface area contributed by atoms with Crippen LogP contribution >= 0.6 is 0 Å². The van der Waals surface area contributed by atoms with Crippen molar-refractivity contribution in [2.24, 2.45) is 34.5 Å². The molecule has 0 radical (unpaired) electrons. The molecule has 0 aromatic rings. The van der Waals surface area contributed by atoms with Crippen LogP contribution in [0.4, 0.5) is 4.79 Å². The van der Waals surface area contributed by atoms with Crippen LogP contribution in [0.2, 0.25) is 0 Å². The average Bonchev–Trinajstić information content (AvgIpc) is 3.97. The van der Waals surface area contributed by atoms with E-state index < -0.39 is 73.2 Å². The number of amides is 5. The zero-order valence-electron chi connectivity index (χ0n) is 32.2. The van der Waals surface area contributed by atoms with E-state index in [2.05, 4.69) is 35.1 Å². The first-order chi connectivity index (χ1) is 23.6. The Hall–Kier alpha value is -2.70. The third kappa shape index (κ3) is 9.10. The summed E-state index contributed by atoms with van der Waals surface area (Å²) < 4.78 is 25.7. The summed E-state index contributed by atoms with van der Waals surface area (Å²) in [6.45, 7) is 15.5. The summed E-state index contributed by atoms with van der Waals surface area (Å²) >= 11 is 0. The smallest absolute Gasteiger partial charge is 0.315 e. The molecule has 1 aliphatic heterocycles. The van der Waals surface area contributed by atoms with Gasteiger partial charge >= 0.3 is 6.03 Å². The predicted octanol–water partition coefficient (Wildman–Crippen LogP) is 3.87. The van der Waals surface area contributed by atoms with E-state index in [1.807, 2.05) is 20.8 Å². The third-order valence-corrected chi connectivity index (χ3v) is 15.2. The Kier molecular flexibility index (Phi) is 11.1. The lowest BCUT2D eigenvalue weighted by Gasteiger charge is -2.41. The van der Waals surface area contributed by atoms with Gasteiger partial charge < -0.3 is 26.2 Å². The van der Waals surface area contributed by atoms with Crippen LogP contribution in [0, 0.1) is 34.5 Å². The van der Waals surface area contributed by atoms with Crippen LogP contribution in [0.25, 0.3) is 0 Å². The van der Waals surface area contributed by atoms with Gasteiger partial charge in [-0.2, -0.15) is 0 Å². The highest BCUT2D eigenvalue weighted by atomic mass is 32.2. The van der Waals surface area contributed by atoms with Crippen LogP contribution in [-0.2, 0) is 29.0 Å². The lowest BCUT2D eigenvalue weighted by Crippen LogP contribution is -2.64. The standard InChI is InChI=1S/C38H63N5O7S/c1-35(2,3)30(41-34(48)42-38(18-10-9-11-19-38)22-51(49,50)36(4,5)6)33(47)43-21-25-27(37(25,7)8)28(43)31(45)40-26(17-16-23-12-13-23)29(44)32(46)39-20-24-14-15-24/h23-28,30H,9-22H2,1-8H3,(H,39,46)(H,40,45)(H2,41,42,48)/t25-,26-,27-,28-,30+/m0/s1. The monoisotopic (exact) mass is 733 g/mol. The summed E-state index contributed by atoms with van der Waals surface area (Å²) in [6, 6.07) is -3.47. The minimum absolute atomic E-state index is 0.0715. The number of carbonyl (C=O) groups excluding carboxylic acids is 5. The second-order valence-electron chi connectivity index (χ2n) is 19.1. The Morgan fingerprint density at radius 2 is 1.47 bits per heavy atom. The summed E-state index contributed by atoms with van der Waals surface area (Å²) in [5, 5.41) is 11.6. The molecular weight excluding hydrogens is 671 g/mol. The molecule has 5 rings (SSSR count). The number of hydrogen-bond donors (Lipinski definition) is 4. The van der Waals surface area contributed by atoms with Crippen LogP contribution < -0.4 is 21.3 Å². The molecule has 5 amide bonds. The van der Waals surface area contributed by atoms with Crippen molar-refractivity contribution < 1.29 is 32.4 Å². The first-order valence-corrected chi connectivity index (χ1v) is 21.0. The van der Waals surface area contributed by atoms with E-state index in [1.165, 1.54) is 0 Å². The van der Waals surface area contributed by atoms with E-state index >= 15 is 0 Å². The fraction of sp³-hybridized carbons (Fsp3) is 0.868. The maximum Gasteiger partial charge on any atom is 0.315 e. The van der Waals surface area contributed by atoms with Crippen molar-refractivity contribution in [3.8, 4) is 0 Å². The molecule has 0 spiro atoms. The molecule has 0 bridgehead atoms. The fourth-order valence-electron chi connectivity index (χ4n) is 8.29. The first-order valence-electron chi connectivity index (χ1n) is 19.3. The lowest BCUT2D eigenvalue weighted by molar-refractivity contribution is -0.145. The van der Waals surface area contributed by atoms with Gasteiger partial charge in [-0.1, -0.05) is 66.7 Å². The van der Waals surface area contributed by atoms with Crippen molar-refractivity contribution in [1.82, 2.24) is 26.2 Å². The zero-order valence-corrected chi connectivity index (χ0v) is 33.0. The molecule has 12 nitrogen and oxygen atoms in total. The number of carbonyl (C=O) groups is 5. The summed E-state index contributed by atoms with van der Waals surface area (Å²) in [6.07, 6.45) is 8.91. The maximum atomic E-state index is 14.5. The highest BCUT2D eigenvalue weighted by Gasteiger charge is 2.70. The van der Waals surface area contributed by atoms with Crippen molar-refractivity contribution in [3.63, 3.8) is 0 Å². The molecule has 0 unspecified atom stereocenters. The van der Waals surface area contributed by atoms with E-state index in [0.29, 0.717) is 44.2 Å². The molecule has 4 aliphatic carbocycles. The number of urea groups is 1. The maximum absolute atomic E-state index is 14.5. The third-order valence-electron chi connectivity index (χ3n) is 12.4.